The largest absolute Gasteiger partial charge is 0.385 e. The third-order valence-electron chi connectivity index (χ3n) is 2.96. The molecule has 0 aliphatic rings. The van der Waals surface area contributed by atoms with Crippen molar-refractivity contribution < 1.29 is 13.5 Å². The molecule has 0 fully saturated rings. The van der Waals surface area contributed by atoms with E-state index in [1.807, 2.05) is 6.92 Å². The lowest BCUT2D eigenvalue weighted by atomic mass is 9.93. The SMILES string of the molecule is COCCC(C)C(N)Cc1ccc(F)c(F)c1. The monoisotopic (exact) mass is 243 g/mol. The summed E-state index contributed by atoms with van der Waals surface area (Å²) in [5, 5.41) is 0. The predicted octanol–water partition coefficient (Wildman–Crippen LogP) is 2.51. The fourth-order valence-electron chi connectivity index (χ4n) is 1.66. The molecule has 1 aromatic carbocycles. The van der Waals surface area contributed by atoms with Crippen LogP contribution in [0.1, 0.15) is 18.9 Å². The average Bonchev–Trinajstić information content (AvgIpc) is 2.30. The van der Waals surface area contributed by atoms with Crippen LogP contribution in [0.4, 0.5) is 8.78 Å². The van der Waals surface area contributed by atoms with Gasteiger partial charge in [-0.3, -0.25) is 0 Å². The molecule has 1 aromatic rings. The number of methoxy groups -OCH3 is 1. The van der Waals surface area contributed by atoms with Crippen molar-refractivity contribution in [2.24, 2.45) is 11.7 Å². The van der Waals surface area contributed by atoms with Gasteiger partial charge in [0.1, 0.15) is 0 Å². The minimum atomic E-state index is -0.824. The lowest BCUT2D eigenvalue weighted by Crippen LogP contribution is -2.31. The number of benzene rings is 1. The van der Waals surface area contributed by atoms with Crippen LogP contribution in [0.15, 0.2) is 18.2 Å². The van der Waals surface area contributed by atoms with Gasteiger partial charge in [-0.2, -0.15) is 0 Å². The third kappa shape index (κ3) is 4.40. The molecule has 0 aliphatic carbocycles. The molecule has 0 bridgehead atoms. The van der Waals surface area contributed by atoms with Crippen molar-refractivity contribution in [3.8, 4) is 0 Å². The van der Waals surface area contributed by atoms with Crippen LogP contribution in [0.2, 0.25) is 0 Å². The molecule has 0 radical (unpaired) electrons. The van der Waals surface area contributed by atoms with Crippen LogP contribution in [-0.4, -0.2) is 19.8 Å². The Morgan fingerprint density at radius 2 is 2.00 bits per heavy atom. The van der Waals surface area contributed by atoms with Crippen LogP contribution in [0.5, 0.6) is 0 Å². The average molecular weight is 243 g/mol. The molecule has 0 aliphatic heterocycles. The van der Waals surface area contributed by atoms with Crippen LogP contribution < -0.4 is 5.73 Å². The molecule has 1 rings (SSSR count). The fourth-order valence-corrected chi connectivity index (χ4v) is 1.66. The van der Waals surface area contributed by atoms with Gasteiger partial charge in [0.15, 0.2) is 11.6 Å². The van der Waals surface area contributed by atoms with E-state index in [0.29, 0.717) is 13.0 Å². The minimum absolute atomic E-state index is 0.0741. The third-order valence-corrected chi connectivity index (χ3v) is 2.96. The Morgan fingerprint density at radius 3 is 2.59 bits per heavy atom. The Labute approximate surface area is 101 Å². The highest BCUT2D eigenvalue weighted by Gasteiger charge is 2.14. The van der Waals surface area contributed by atoms with Gasteiger partial charge < -0.3 is 10.5 Å². The van der Waals surface area contributed by atoms with Gasteiger partial charge in [-0.05, 0) is 36.5 Å². The van der Waals surface area contributed by atoms with Gasteiger partial charge in [-0.1, -0.05) is 13.0 Å². The molecule has 2 unspecified atom stereocenters. The molecule has 17 heavy (non-hydrogen) atoms. The van der Waals surface area contributed by atoms with Crippen LogP contribution in [0, 0.1) is 17.6 Å². The normalized spacial score (nSPS) is 14.6. The topological polar surface area (TPSA) is 35.2 Å². The van der Waals surface area contributed by atoms with Gasteiger partial charge in [-0.25, -0.2) is 8.78 Å². The highest BCUT2D eigenvalue weighted by atomic mass is 19.2. The van der Waals surface area contributed by atoms with Crippen LogP contribution in [0.25, 0.3) is 0 Å². The second-order valence-electron chi connectivity index (χ2n) is 4.38. The second kappa shape index (κ2) is 6.67. The van der Waals surface area contributed by atoms with E-state index >= 15 is 0 Å². The van der Waals surface area contributed by atoms with Crippen molar-refractivity contribution in [3.63, 3.8) is 0 Å². The number of hydrogen-bond acceptors (Lipinski definition) is 2. The van der Waals surface area contributed by atoms with Crippen molar-refractivity contribution in [2.45, 2.75) is 25.8 Å². The van der Waals surface area contributed by atoms with Crippen LogP contribution in [0.3, 0.4) is 0 Å². The molecule has 4 heteroatoms. The lowest BCUT2D eigenvalue weighted by Gasteiger charge is -2.19. The molecule has 2 nitrogen and oxygen atoms in total. The zero-order chi connectivity index (χ0) is 12.8. The first kappa shape index (κ1) is 14.1. The molecule has 0 heterocycles. The molecule has 96 valence electrons. The first-order valence-electron chi connectivity index (χ1n) is 5.73. The summed E-state index contributed by atoms with van der Waals surface area (Å²) in [7, 11) is 1.65. The summed E-state index contributed by atoms with van der Waals surface area (Å²) in [6.45, 7) is 2.69. The van der Waals surface area contributed by atoms with Crippen molar-refractivity contribution >= 4 is 0 Å². The van der Waals surface area contributed by atoms with Crippen molar-refractivity contribution in [1.29, 1.82) is 0 Å². The number of halogens is 2. The van der Waals surface area contributed by atoms with E-state index in [4.69, 9.17) is 10.5 Å². The Balaban J connectivity index is 2.55. The first-order chi connectivity index (χ1) is 8.04. The van der Waals surface area contributed by atoms with Gasteiger partial charge in [0.25, 0.3) is 0 Å². The fraction of sp³-hybridized carbons (Fsp3) is 0.538. The van der Waals surface area contributed by atoms with Gasteiger partial charge in [0.2, 0.25) is 0 Å². The number of rotatable bonds is 6. The smallest absolute Gasteiger partial charge is 0.159 e. The molecule has 0 saturated carbocycles. The van der Waals surface area contributed by atoms with Crippen LogP contribution in [-0.2, 0) is 11.2 Å². The van der Waals surface area contributed by atoms with Crippen LogP contribution >= 0.6 is 0 Å². The first-order valence-corrected chi connectivity index (χ1v) is 5.73. The highest BCUT2D eigenvalue weighted by Crippen LogP contribution is 2.14. The number of nitrogens with two attached hydrogens (primary N) is 1. The molecule has 2 atom stereocenters. The van der Waals surface area contributed by atoms with Crippen molar-refractivity contribution in [3.05, 3.63) is 35.4 Å². The zero-order valence-electron chi connectivity index (χ0n) is 10.2. The quantitative estimate of drug-likeness (QED) is 0.833. The van der Waals surface area contributed by atoms with Gasteiger partial charge >= 0.3 is 0 Å². The number of ether oxygens (including phenoxy) is 1. The van der Waals surface area contributed by atoms with E-state index in [0.717, 1.165) is 18.1 Å². The molecular weight excluding hydrogens is 224 g/mol. The zero-order valence-corrected chi connectivity index (χ0v) is 10.2. The van der Waals surface area contributed by atoms with E-state index in [2.05, 4.69) is 0 Å². The summed E-state index contributed by atoms with van der Waals surface area (Å²) < 4.78 is 30.7. The number of hydrogen-bond donors (Lipinski definition) is 1. The Kier molecular flexibility index (Phi) is 5.51. The van der Waals surface area contributed by atoms with Gasteiger partial charge in [-0.15, -0.1) is 0 Å². The van der Waals surface area contributed by atoms with E-state index in [-0.39, 0.29) is 12.0 Å². The summed E-state index contributed by atoms with van der Waals surface area (Å²) in [4.78, 5) is 0. The molecule has 0 amide bonds. The summed E-state index contributed by atoms with van der Waals surface area (Å²) in [5.41, 5.74) is 6.73. The van der Waals surface area contributed by atoms with E-state index in [1.165, 1.54) is 6.07 Å². The van der Waals surface area contributed by atoms with Crippen molar-refractivity contribution in [2.75, 3.05) is 13.7 Å². The maximum Gasteiger partial charge on any atom is 0.159 e. The summed E-state index contributed by atoms with van der Waals surface area (Å²) >= 11 is 0. The standard InChI is InChI=1S/C13H19F2NO/c1-9(5-6-17-2)13(16)8-10-3-4-11(14)12(15)7-10/h3-4,7,9,13H,5-6,8,16H2,1-2H3. The highest BCUT2D eigenvalue weighted by molar-refractivity contribution is 5.18. The van der Waals surface area contributed by atoms with Gasteiger partial charge in [0, 0.05) is 19.8 Å². The Hall–Kier alpha value is -1.00. The Bertz CT molecular complexity index is 357. The summed E-state index contributed by atoms with van der Waals surface area (Å²) in [6.07, 6.45) is 1.41. The molecular formula is C13H19F2NO. The van der Waals surface area contributed by atoms with E-state index in [9.17, 15) is 8.78 Å². The maximum atomic E-state index is 13.0. The maximum absolute atomic E-state index is 13.0. The Morgan fingerprint density at radius 1 is 1.29 bits per heavy atom. The molecule has 0 spiro atoms. The van der Waals surface area contributed by atoms with Crippen molar-refractivity contribution in [1.82, 2.24) is 0 Å². The molecule has 2 N–H and O–H groups in total. The molecule has 0 saturated heterocycles. The molecule has 0 aromatic heterocycles. The van der Waals surface area contributed by atoms with E-state index in [1.54, 1.807) is 13.2 Å². The predicted molar refractivity (Wildman–Crippen MR) is 63.7 cm³/mol. The van der Waals surface area contributed by atoms with Gasteiger partial charge in [0.05, 0.1) is 0 Å². The minimum Gasteiger partial charge on any atom is -0.385 e. The summed E-state index contributed by atoms with van der Waals surface area (Å²) in [5.74, 6) is -1.36. The lowest BCUT2D eigenvalue weighted by molar-refractivity contribution is 0.174. The second-order valence-corrected chi connectivity index (χ2v) is 4.38. The van der Waals surface area contributed by atoms with E-state index < -0.39 is 11.6 Å². The summed E-state index contributed by atoms with van der Waals surface area (Å²) in [6, 6.07) is 3.84.